The van der Waals surface area contributed by atoms with Crippen molar-refractivity contribution in [1.82, 2.24) is 0 Å². The third kappa shape index (κ3) is 1.70. The summed E-state index contributed by atoms with van der Waals surface area (Å²) >= 11 is 0. The van der Waals surface area contributed by atoms with E-state index in [1.54, 1.807) is 7.11 Å². The van der Waals surface area contributed by atoms with Gasteiger partial charge in [0.2, 0.25) is 0 Å². The average Bonchev–Trinajstić information content (AvgIpc) is 2.27. The fraction of sp³-hybridized carbons (Fsp3) is 0.929. The Morgan fingerprint density at radius 1 is 1.18 bits per heavy atom. The third-order valence-corrected chi connectivity index (χ3v) is 5.41. The second-order valence-corrected chi connectivity index (χ2v) is 6.54. The molecule has 4 fully saturated rings. The molecule has 17 heavy (non-hydrogen) atoms. The Hall–Kier alpha value is -0.590. The standard InChI is InChI=1S/C14H22N2O/c1-17-8-14(16,7-15)13-11-3-9-2-10(5-11)6-12(13)4-9/h9-13H,2-6,8,16H2,1H3. The molecule has 0 spiro atoms. The fourth-order valence-corrected chi connectivity index (χ4v) is 5.21. The molecule has 4 saturated carbocycles. The van der Waals surface area contributed by atoms with Crippen LogP contribution >= 0.6 is 0 Å². The fourth-order valence-electron chi connectivity index (χ4n) is 5.21. The monoisotopic (exact) mass is 234 g/mol. The Balaban J connectivity index is 1.86. The van der Waals surface area contributed by atoms with Crippen molar-refractivity contribution in [3.8, 4) is 6.07 Å². The molecule has 2 N–H and O–H groups in total. The van der Waals surface area contributed by atoms with Crippen LogP contribution in [-0.2, 0) is 4.74 Å². The quantitative estimate of drug-likeness (QED) is 0.811. The van der Waals surface area contributed by atoms with Crippen molar-refractivity contribution in [2.24, 2.45) is 35.3 Å². The van der Waals surface area contributed by atoms with Gasteiger partial charge in [0, 0.05) is 7.11 Å². The Morgan fingerprint density at radius 2 is 1.71 bits per heavy atom. The van der Waals surface area contributed by atoms with Gasteiger partial charge >= 0.3 is 0 Å². The number of nitrogens with zero attached hydrogens (tertiary/aromatic N) is 1. The van der Waals surface area contributed by atoms with E-state index in [0.29, 0.717) is 24.4 Å². The van der Waals surface area contributed by atoms with Gasteiger partial charge in [-0.05, 0) is 61.7 Å². The number of methoxy groups -OCH3 is 1. The van der Waals surface area contributed by atoms with Gasteiger partial charge in [0.25, 0.3) is 0 Å². The highest BCUT2D eigenvalue weighted by molar-refractivity contribution is 5.16. The molecule has 0 saturated heterocycles. The highest BCUT2D eigenvalue weighted by atomic mass is 16.5. The molecule has 4 bridgehead atoms. The highest BCUT2D eigenvalue weighted by Crippen LogP contribution is 2.58. The minimum Gasteiger partial charge on any atom is -0.382 e. The van der Waals surface area contributed by atoms with E-state index in [2.05, 4.69) is 6.07 Å². The third-order valence-electron chi connectivity index (χ3n) is 5.41. The van der Waals surface area contributed by atoms with Crippen LogP contribution in [0.2, 0.25) is 0 Å². The van der Waals surface area contributed by atoms with E-state index in [9.17, 15) is 5.26 Å². The van der Waals surface area contributed by atoms with Crippen molar-refractivity contribution in [3.05, 3.63) is 0 Å². The van der Waals surface area contributed by atoms with E-state index >= 15 is 0 Å². The number of ether oxygens (including phenoxy) is 1. The number of hydrogen-bond acceptors (Lipinski definition) is 3. The van der Waals surface area contributed by atoms with Crippen molar-refractivity contribution >= 4 is 0 Å². The molecule has 0 aromatic rings. The molecule has 94 valence electrons. The van der Waals surface area contributed by atoms with Gasteiger partial charge < -0.3 is 10.5 Å². The van der Waals surface area contributed by atoms with E-state index < -0.39 is 5.54 Å². The lowest BCUT2D eigenvalue weighted by Gasteiger charge is -2.57. The molecule has 0 radical (unpaired) electrons. The van der Waals surface area contributed by atoms with Crippen LogP contribution in [0.15, 0.2) is 0 Å². The number of nitriles is 1. The van der Waals surface area contributed by atoms with Crippen molar-refractivity contribution in [3.63, 3.8) is 0 Å². The predicted octanol–water partition coefficient (Wildman–Crippen LogP) is 1.93. The average molecular weight is 234 g/mol. The van der Waals surface area contributed by atoms with Crippen LogP contribution in [-0.4, -0.2) is 19.3 Å². The van der Waals surface area contributed by atoms with Crippen molar-refractivity contribution in [1.29, 1.82) is 5.26 Å². The molecular weight excluding hydrogens is 212 g/mol. The summed E-state index contributed by atoms with van der Waals surface area (Å²) in [5.41, 5.74) is 5.59. The summed E-state index contributed by atoms with van der Waals surface area (Å²) < 4.78 is 5.21. The molecule has 0 aliphatic heterocycles. The number of hydrogen-bond donors (Lipinski definition) is 1. The second kappa shape index (κ2) is 3.96. The smallest absolute Gasteiger partial charge is 0.131 e. The normalized spacial score (nSPS) is 46.5. The zero-order valence-electron chi connectivity index (χ0n) is 10.6. The van der Waals surface area contributed by atoms with E-state index in [1.807, 2.05) is 0 Å². The molecule has 3 heteroatoms. The predicted molar refractivity (Wildman–Crippen MR) is 64.9 cm³/mol. The number of nitrogens with two attached hydrogens (primary N) is 1. The summed E-state index contributed by atoms with van der Waals surface area (Å²) in [6.07, 6.45) is 6.67. The maximum absolute atomic E-state index is 9.45. The zero-order valence-corrected chi connectivity index (χ0v) is 10.6. The summed E-state index contributed by atoms with van der Waals surface area (Å²) in [6, 6.07) is 2.36. The highest BCUT2D eigenvalue weighted by Gasteiger charge is 2.54. The van der Waals surface area contributed by atoms with Crippen molar-refractivity contribution in [2.75, 3.05) is 13.7 Å². The van der Waals surface area contributed by atoms with Gasteiger partial charge in [-0.15, -0.1) is 0 Å². The van der Waals surface area contributed by atoms with Gasteiger partial charge in [-0.2, -0.15) is 5.26 Å². The van der Waals surface area contributed by atoms with Crippen LogP contribution in [0, 0.1) is 40.9 Å². The Kier molecular flexibility index (Phi) is 2.68. The molecule has 1 unspecified atom stereocenters. The first-order chi connectivity index (χ1) is 8.16. The van der Waals surface area contributed by atoms with Crippen LogP contribution < -0.4 is 5.73 Å². The molecule has 0 aromatic carbocycles. The molecule has 0 amide bonds. The van der Waals surface area contributed by atoms with Gasteiger partial charge in [-0.3, -0.25) is 0 Å². The molecule has 4 aliphatic rings. The first kappa shape index (κ1) is 11.5. The minimum atomic E-state index is -0.753. The summed E-state index contributed by atoms with van der Waals surface area (Å²) in [5.74, 6) is 3.61. The molecular formula is C14H22N2O. The lowest BCUT2D eigenvalue weighted by atomic mass is 9.48. The van der Waals surface area contributed by atoms with Crippen molar-refractivity contribution < 1.29 is 4.74 Å². The maximum Gasteiger partial charge on any atom is 0.131 e. The first-order valence-electron chi connectivity index (χ1n) is 6.85. The van der Waals surface area contributed by atoms with E-state index in [-0.39, 0.29) is 0 Å². The molecule has 0 aromatic heterocycles. The number of rotatable bonds is 3. The Labute approximate surface area is 103 Å². The largest absolute Gasteiger partial charge is 0.382 e. The minimum absolute atomic E-state index is 0.375. The summed E-state index contributed by atoms with van der Waals surface area (Å²) in [4.78, 5) is 0. The van der Waals surface area contributed by atoms with Crippen LogP contribution in [0.3, 0.4) is 0 Å². The summed E-state index contributed by atoms with van der Waals surface area (Å²) in [7, 11) is 1.65. The Morgan fingerprint density at radius 3 is 2.12 bits per heavy atom. The lowest BCUT2D eigenvalue weighted by Crippen LogP contribution is -2.60. The molecule has 4 aliphatic carbocycles. The maximum atomic E-state index is 9.45. The SMILES string of the molecule is COCC(N)(C#N)C1C2CC3CC(C2)CC1C3. The summed E-state index contributed by atoms with van der Waals surface area (Å²) in [5, 5.41) is 9.45. The van der Waals surface area contributed by atoms with E-state index in [1.165, 1.54) is 32.1 Å². The van der Waals surface area contributed by atoms with Gasteiger partial charge in [-0.1, -0.05) is 0 Å². The molecule has 0 heterocycles. The van der Waals surface area contributed by atoms with Gasteiger partial charge in [0.15, 0.2) is 0 Å². The Bertz CT molecular complexity index is 321. The van der Waals surface area contributed by atoms with Gasteiger partial charge in [0.05, 0.1) is 12.7 Å². The van der Waals surface area contributed by atoms with Crippen LogP contribution in [0.25, 0.3) is 0 Å². The van der Waals surface area contributed by atoms with Gasteiger partial charge in [0.1, 0.15) is 5.54 Å². The first-order valence-corrected chi connectivity index (χ1v) is 6.85. The van der Waals surface area contributed by atoms with E-state index in [4.69, 9.17) is 10.5 Å². The zero-order chi connectivity index (χ0) is 12.0. The van der Waals surface area contributed by atoms with Gasteiger partial charge in [-0.25, -0.2) is 0 Å². The topological polar surface area (TPSA) is 59.0 Å². The van der Waals surface area contributed by atoms with E-state index in [0.717, 1.165) is 11.8 Å². The molecule has 1 atom stereocenters. The van der Waals surface area contributed by atoms with Crippen LogP contribution in [0.5, 0.6) is 0 Å². The molecule has 3 nitrogen and oxygen atoms in total. The lowest BCUT2D eigenvalue weighted by molar-refractivity contribution is -0.0704. The van der Waals surface area contributed by atoms with Crippen LogP contribution in [0.4, 0.5) is 0 Å². The van der Waals surface area contributed by atoms with Crippen molar-refractivity contribution in [2.45, 2.75) is 37.6 Å². The second-order valence-electron chi connectivity index (χ2n) is 6.54. The van der Waals surface area contributed by atoms with Crippen LogP contribution in [0.1, 0.15) is 32.1 Å². The molecule has 4 rings (SSSR count). The summed E-state index contributed by atoms with van der Waals surface area (Å²) in [6.45, 7) is 0.385.